The normalized spacial score (nSPS) is 22.8. The number of hydrogen-bond acceptors (Lipinski definition) is 5. The number of hydrogen-bond donors (Lipinski definition) is 1. The molecule has 90 valence electrons. The third-order valence-corrected chi connectivity index (χ3v) is 3.96. The zero-order chi connectivity index (χ0) is 11.8. The summed E-state index contributed by atoms with van der Waals surface area (Å²) in [6.45, 7) is 0.785. The number of sulfonamides is 1. The molecule has 1 aromatic heterocycles. The van der Waals surface area contributed by atoms with Crippen molar-refractivity contribution in [3.8, 4) is 0 Å². The molecular formula is C8H14N4O3S. The largest absolute Gasteiger partial charge is 0.390 e. The van der Waals surface area contributed by atoms with E-state index >= 15 is 0 Å². The average molecular weight is 246 g/mol. The third kappa shape index (κ3) is 2.23. The minimum Gasteiger partial charge on any atom is -0.390 e. The summed E-state index contributed by atoms with van der Waals surface area (Å²) >= 11 is 0. The van der Waals surface area contributed by atoms with Gasteiger partial charge < -0.3 is 5.11 Å². The molecular weight excluding hydrogens is 232 g/mol. The van der Waals surface area contributed by atoms with Gasteiger partial charge in [0.25, 0.3) is 0 Å². The molecule has 1 aliphatic heterocycles. The first-order valence-corrected chi connectivity index (χ1v) is 6.82. The van der Waals surface area contributed by atoms with E-state index in [2.05, 4.69) is 10.3 Å². The monoisotopic (exact) mass is 246 g/mol. The fraction of sp³-hybridized carbons (Fsp3) is 0.750. The summed E-state index contributed by atoms with van der Waals surface area (Å²) < 4.78 is 25.7. The summed E-state index contributed by atoms with van der Waals surface area (Å²) in [6.07, 6.45) is 3.58. The molecule has 1 atom stereocenters. The molecule has 0 radical (unpaired) electrons. The van der Waals surface area contributed by atoms with E-state index in [-0.39, 0.29) is 12.6 Å². The van der Waals surface area contributed by atoms with Crippen molar-refractivity contribution >= 4 is 10.0 Å². The highest BCUT2D eigenvalue weighted by Crippen LogP contribution is 2.22. The molecule has 16 heavy (non-hydrogen) atoms. The van der Waals surface area contributed by atoms with Gasteiger partial charge in [-0.3, -0.25) is 0 Å². The van der Waals surface area contributed by atoms with Gasteiger partial charge in [0.15, 0.2) is 0 Å². The maximum atomic E-state index is 11.3. The number of aliphatic hydroxyl groups is 1. The molecule has 1 aliphatic rings. The summed E-state index contributed by atoms with van der Waals surface area (Å²) in [6, 6.07) is 0.0162. The van der Waals surface area contributed by atoms with Gasteiger partial charge in [-0.25, -0.2) is 13.1 Å². The summed E-state index contributed by atoms with van der Waals surface area (Å²) in [5, 5.41) is 16.5. The fourth-order valence-corrected chi connectivity index (χ4v) is 2.67. The lowest BCUT2D eigenvalue weighted by Crippen LogP contribution is -2.28. The first-order valence-electron chi connectivity index (χ1n) is 4.97. The molecule has 0 aromatic carbocycles. The molecule has 0 unspecified atom stereocenters. The Balaban J connectivity index is 2.09. The summed E-state index contributed by atoms with van der Waals surface area (Å²) in [5.41, 5.74) is 0.498. The molecule has 2 heterocycles. The molecule has 7 nitrogen and oxygen atoms in total. The molecule has 1 N–H and O–H groups in total. The van der Waals surface area contributed by atoms with Crippen LogP contribution in [0.15, 0.2) is 6.20 Å². The lowest BCUT2D eigenvalue weighted by Gasteiger charge is -2.12. The highest BCUT2D eigenvalue weighted by atomic mass is 32.2. The van der Waals surface area contributed by atoms with E-state index in [1.54, 1.807) is 10.9 Å². The van der Waals surface area contributed by atoms with Crippen LogP contribution in [0.5, 0.6) is 0 Å². The van der Waals surface area contributed by atoms with E-state index in [1.165, 1.54) is 10.6 Å². The molecule has 8 heteroatoms. The highest BCUT2D eigenvalue weighted by Gasteiger charge is 2.30. The van der Waals surface area contributed by atoms with Crippen molar-refractivity contribution in [1.82, 2.24) is 19.3 Å². The molecule has 0 spiro atoms. The zero-order valence-corrected chi connectivity index (χ0v) is 9.76. The van der Waals surface area contributed by atoms with E-state index in [4.69, 9.17) is 5.11 Å². The van der Waals surface area contributed by atoms with Gasteiger partial charge in [-0.15, -0.1) is 5.10 Å². The SMILES string of the molecule is CS(=O)(=O)N1CC[C@H](n2cc(CO)nn2)C1. The first-order chi connectivity index (χ1) is 7.50. The molecule has 0 bridgehead atoms. The van der Waals surface area contributed by atoms with Gasteiger partial charge in [0, 0.05) is 13.1 Å². The molecule has 2 rings (SSSR count). The van der Waals surface area contributed by atoms with Gasteiger partial charge in [0.05, 0.1) is 25.1 Å². The summed E-state index contributed by atoms with van der Waals surface area (Å²) in [5.74, 6) is 0. The summed E-state index contributed by atoms with van der Waals surface area (Å²) in [7, 11) is -3.12. The van der Waals surface area contributed by atoms with E-state index in [9.17, 15) is 8.42 Å². The first kappa shape index (κ1) is 11.5. The Morgan fingerprint density at radius 3 is 2.88 bits per heavy atom. The van der Waals surface area contributed by atoms with Gasteiger partial charge in [0.1, 0.15) is 5.69 Å². The maximum absolute atomic E-state index is 11.3. The second kappa shape index (κ2) is 4.11. The van der Waals surface area contributed by atoms with Crippen LogP contribution in [0.1, 0.15) is 18.2 Å². The van der Waals surface area contributed by atoms with Crippen LogP contribution in [0.2, 0.25) is 0 Å². The van der Waals surface area contributed by atoms with Gasteiger partial charge in [-0.2, -0.15) is 4.31 Å². The van der Waals surface area contributed by atoms with Crippen molar-refractivity contribution in [1.29, 1.82) is 0 Å². The van der Waals surface area contributed by atoms with Gasteiger partial charge in [0.2, 0.25) is 10.0 Å². The van der Waals surface area contributed by atoms with Crippen molar-refractivity contribution in [2.75, 3.05) is 19.3 Å². The Kier molecular flexibility index (Phi) is 2.96. The minimum atomic E-state index is -3.12. The molecule has 1 saturated heterocycles. The molecule has 0 amide bonds. The van der Waals surface area contributed by atoms with Crippen LogP contribution in [0.25, 0.3) is 0 Å². The number of rotatable bonds is 3. The minimum absolute atomic E-state index is 0.0162. The maximum Gasteiger partial charge on any atom is 0.211 e. The van der Waals surface area contributed by atoms with E-state index in [0.29, 0.717) is 18.8 Å². The van der Waals surface area contributed by atoms with E-state index in [0.717, 1.165) is 6.42 Å². The standard InChI is InChI=1S/C8H14N4O3S/c1-16(14,15)11-3-2-8(5-11)12-4-7(6-13)9-10-12/h4,8,13H,2-3,5-6H2,1H3/t8-/m0/s1. The molecule has 0 aliphatic carbocycles. The van der Waals surface area contributed by atoms with Crippen molar-refractivity contribution in [2.24, 2.45) is 0 Å². The Labute approximate surface area is 93.7 Å². The second-order valence-electron chi connectivity index (χ2n) is 3.91. The Morgan fingerprint density at radius 2 is 2.38 bits per heavy atom. The van der Waals surface area contributed by atoms with Crippen LogP contribution < -0.4 is 0 Å². The van der Waals surface area contributed by atoms with Crippen molar-refractivity contribution in [2.45, 2.75) is 19.1 Å². The average Bonchev–Trinajstić information content (AvgIpc) is 2.85. The topological polar surface area (TPSA) is 88.3 Å². The molecule has 1 fully saturated rings. The number of aliphatic hydroxyl groups excluding tert-OH is 1. The zero-order valence-electron chi connectivity index (χ0n) is 8.94. The van der Waals surface area contributed by atoms with Crippen molar-refractivity contribution < 1.29 is 13.5 Å². The van der Waals surface area contributed by atoms with Crippen LogP contribution >= 0.6 is 0 Å². The van der Waals surface area contributed by atoms with E-state index < -0.39 is 10.0 Å². The predicted molar refractivity (Wildman–Crippen MR) is 56.0 cm³/mol. The predicted octanol–water partition coefficient (Wildman–Crippen LogP) is -1.02. The van der Waals surface area contributed by atoms with Crippen LogP contribution in [0.3, 0.4) is 0 Å². The number of nitrogens with zero attached hydrogens (tertiary/aromatic N) is 4. The molecule has 1 aromatic rings. The van der Waals surface area contributed by atoms with Crippen LogP contribution in [0.4, 0.5) is 0 Å². The second-order valence-corrected chi connectivity index (χ2v) is 5.89. The Bertz CT molecular complexity index is 469. The van der Waals surface area contributed by atoms with Gasteiger partial charge in [-0.1, -0.05) is 5.21 Å². The summed E-state index contributed by atoms with van der Waals surface area (Å²) in [4.78, 5) is 0. The van der Waals surface area contributed by atoms with E-state index in [1.807, 2.05) is 0 Å². The van der Waals surface area contributed by atoms with Crippen molar-refractivity contribution in [3.63, 3.8) is 0 Å². The highest BCUT2D eigenvalue weighted by molar-refractivity contribution is 7.88. The molecule has 0 saturated carbocycles. The van der Waals surface area contributed by atoms with Crippen LogP contribution in [-0.4, -0.2) is 52.2 Å². The van der Waals surface area contributed by atoms with Gasteiger partial charge >= 0.3 is 0 Å². The van der Waals surface area contributed by atoms with Crippen LogP contribution in [-0.2, 0) is 16.6 Å². The van der Waals surface area contributed by atoms with Crippen molar-refractivity contribution in [3.05, 3.63) is 11.9 Å². The van der Waals surface area contributed by atoms with Crippen LogP contribution in [0, 0.1) is 0 Å². The quantitative estimate of drug-likeness (QED) is 0.737. The Morgan fingerprint density at radius 1 is 1.62 bits per heavy atom. The lowest BCUT2D eigenvalue weighted by atomic mass is 10.3. The lowest BCUT2D eigenvalue weighted by molar-refractivity contribution is 0.276. The van der Waals surface area contributed by atoms with Gasteiger partial charge in [-0.05, 0) is 6.42 Å². The fourth-order valence-electron chi connectivity index (χ4n) is 1.79. The third-order valence-electron chi connectivity index (χ3n) is 2.69. The smallest absolute Gasteiger partial charge is 0.211 e. The number of aromatic nitrogens is 3. The Hall–Kier alpha value is -0.990.